The van der Waals surface area contributed by atoms with Crippen LogP contribution in [0.1, 0.15) is 32.2 Å². The molecule has 0 aliphatic heterocycles. The van der Waals surface area contributed by atoms with Crippen molar-refractivity contribution in [3.05, 3.63) is 16.4 Å². The van der Waals surface area contributed by atoms with E-state index < -0.39 is 22.0 Å². The number of halogens is 1. The average Bonchev–Trinajstić information content (AvgIpc) is 2.65. The monoisotopic (exact) mass is 292 g/mol. The molecule has 102 valence electrons. The van der Waals surface area contributed by atoms with Crippen molar-refractivity contribution in [2.45, 2.75) is 44.7 Å². The number of hydrogen-bond donors (Lipinski definition) is 1. The van der Waals surface area contributed by atoms with Crippen molar-refractivity contribution in [1.82, 2.24) is 9.78 Å². The number of rotatable bonds is 6. The number of carboxylic acids is 1. The van der Waals surface area contributed by atoms with E-state index in [0.717, 1.165) is 5.69 Å². The molecule has 1 heterocycles. The lowest BCUT2D eigenvalue weighted by Gasteiger charge is -2.08. The molecule has 0 bridgehead atoms. The molecule has 0 fully saturated rings. The van der Waals surface area contributed by atoms with Gasteiger partial charge in [-0.1, -0.05) is 18.5 Å². The Morgan fingerprint density at radius 3 is 2.61 bits per heavy atom. The molecule has 1 N–H and O–H groups in total. The molecule has 0 aliphatic rings. The van der Waals surface area contributed by atoms with Crippen molar-refractivity contribution in [3.8, 4) is 0 Å². The van der Waals surface area contributed by atoms with Crippen molar-refractivity contribution < 1.29 is 14.1 Å². The number of nitrogens with zero attached hydrogens (tertiary/aromatic N) is 2. The summed E-state index contributed by atoms with van der Waals surface area (Å²) < 4.78 is 13.6. The van der Waals surface area contributed by atoms with Gasteiger partial charge >= 0.3 is 5.97 Å². The van der Waals surface area contributed by atoms with E-state index in [4.69, 9.17) is 16.7 Å². The molecule has 2 unspecified atom stereocenters. The van der Waals surface area contributed by atoms with Crippen LogP contribution < -0.4 is 0 Å². The molecule has 1 rings (SSSR count). The molecule has 7 heteroatoms. The summed E-state index contributed by atoms with van der Waals surface area (Å²) in [6.07, 6.45) is 0.694. The summed E-state index contributed by atoms with van der Waals surface area (Å²) in [6.45, 7) is 5.90. The second kappa shape index (κ2) is 6.33. The summed E-state index contributed by atoms with van der Waals surface area (Å²) >= 11 is 6.17. The van der Waals surface area contributed by atoms with Gasteiger partial charge in [0, 0.05) is 17.3 Å². The Kier molecular flexibility index (Phi) is 5.34. The molecule has 5 nitrogen and oxygen atoms in total. The van der Waals surface area contributed by atoms with E-state index in [9.17, 15) is 9.00 Å². The van der Waals surface area contributed by atoms with Gasteiger partial charge < -0.3 is 5.11 Å². The van der Waals surface area contributed by atoms with Crippen LogP contribution in [-0.2, 0) is 34.3 Å². The molecule has 0 radical (unpaired) electrons. The summed E-state index contributed by atoms with van der Waals surface area (Å²) in [5.41, 5.74) is 1.41. The maximum absolute atomic E-state index is 11.9. The highest BCUT2D eigenvalue weighted by Crippen LogP contribution is 2.23. The number of hydrogen-bond acceptors (Lipinski definition) is 3. The molecule has 0 aliphatic carbocycles. The summed E-state index contributed by atoms with van der Waals surface area (Å²) in [6, 6.07) is 0. The number of aliphatic carboxylic acids is 1. The lowest BCUT2D eigenvalue weighted by molar-refractivity contribution is -0.136. The molecule has 0 saturated heterocycles. The molecule has 2 atom stereocenters. The van der Waals surface area contributed by atoms with Crippen molar-refractivity contribution in [3.63, 3.8) is 0 Å². The van der Waals surface area contributed by atoms with E-state index in [-0.39, 0.29) is 5.75 Å². The van der Waals surface area contributed by atoms with Crippen molar-refractivity contribution in [2.24, 2.45) is 0 Å². The highest BCUT2D eigenvalue weighted by molar-refractivity contribution is 7.85. The molecule has 0 spiro atoms. The van der Waals surface area contributed by atoms with E-state index in [1.165, 1.54) is 6.92 Å². The number of carboxylic acid groups (broad SMARTS) is 1. The van der Waals surface area contributed by atoms with Gasteiger partial charge in [0.05, 0.1) is 22.2 Å². The summed E-state index contributed by atoms with van der Waals surface area (Å²) in [5, 5.41) is 12.7. The molecular weight excluding hydrogens is 276 g/mol. The zero-order valence-corrected chi connectivity index (χ0v) is 12.2. The third kappa shape index (κ3) is 3.11. The standard InChI is InChI=1S/C11H17ClN2O3S/c1-4-8-10(12)9(14(5-2)13-8)6-18(17)7(3)11(15)16/h7H,4-6H2,1-3H3,(H,15,16). The van der Waals surface area contributed by atoms with Crippen LogP contribution in [0.4, 0.5) is 0 Å². The van der Waals surface area contributed by atoms with Crippen molar-refractivity contribution in [1.29, 1.82) is 0 Å². The lowest BCUT2D eigenvalue weighted by Crippen LogP contribution is -2.23. The van der Waals surface area contributed by atoms with Crippen LogP contribution >= 0.6 is 11.6 Å². The van der Waals surface area contributed by atoms with Crippen LogP contribution in [0.25, 0.3) is 0 Å². The van der Waals surface area contributed by atoms with Gasteiger partial charge in [0.1, 0.15) is 5.25 Å². The minimum atomic E-state index is -1.50. The van der Waals surface area contributed by atoms with Gasteiger partial charge in [-0.2, -0.15) is 5.10 Å². The zero-order chi connectivity index (χ0) is 13.9. The largest absolute Gasteiger partial charge is 0.480 e. The highest BCUT2D eigenvalue weighted by Gasteiger charge is 2.23. The predicted octanol–water partition coefficient (Wildman–Crippen LogP) is 1.84. The van der Waals surface area contributed by atoms with Crippen LogP contribution in [0.2, 0.25) is 5.02 Å². The smallest absolute Gasteiger partial charge is 0.318 e. The fourth-order valence-corrected chi connectivity index (χ4v) is 2.98. The first-order chi connectivity index (χ1) is 8.42. The minimum absolute atomic E-state index is 0.118. The molecule has 1 aromatic heterocycles. The summed E-state index contributed by atoms with van der Waals surface area (Å²) in [5.74, 6) is -0.949. The van der Waals surface area contributed by atoms with Crippen molar-refractivity contribution >= 4 is 28.4 Å². The number of aromatic nitrogens is 2. The lowest BCUT2D eigenvalue weighted by atomic mass is 10.3. The Balaban J connectivity index is 3.00. The fraction of sp³-hybridized carbons (Fsp3) is 0.636. The van der Waals surface area contributed by atoms with Gasteiger partial charge in [0.25, 0.3) is 0 Å². The Bertz CT molecular complexity index is 473. The molecule has 1 aromatic rings. The molecule has 0 aromatic carbocycles. The Hall–Kier alpha value is -0.880. The predicted molar refractivity (Wildman–Crippen MR) is 71.2 cm³/mol. The second-order valence-electron chi connectivity index (χ2n) is 3.88. The summed E-state index contributed by atoms with van der Waals surface area (Å²) in [4.78, 5) is 10.8. The number of aryl methyl sites for hydroxylation is 2. The highest BCUT2D eigenvalue weighted by atomic mass is 35.5. The van der Waals surface area contributed by atoms with E-state index >= 15 is 0 Å². The maximum Gasteiger partial charge on any atom is 0.318 e. The number of carbonyl (C=O) groups is 1. The van der Waals surface area contributed by atoms with E-state index in [1.54, 1.807) is 4.68 Å². The van der Waals surface area contributed by atoms with Crippen LogP contribution in [0.3, 0.4) is 0 Å². The second-order valence-corrected chi connectivity index (χ2v) is 6.02. The molecule has 0 saturated carbocycles. The van der Waals surface area contributed by atoms with Gasteiger partial charge in [-0.05, 0) is 20.3 Å². The Morgan fingerprint density at radius 2 is 2.17 bits per heavy atom. The first kappa shape index (κ1) is 15.2. The third-order valence-electron chi connectivity index (χ3n) is 2.72. The SMILES string of the molecule is CCc1nn(CC)c(CS(=O)C(C)C(=O)O)c1Cl. The quantitative estimate of drug-likeness (QED) is 0.868. The topological polar surface area (TPSA) is 72.2 Å². The van der Waals surface area contributed by atoms with Gasteiger partial charge in [-0.15, -0.1) is 0 Å². The zero-order valence-electron chi connectivity index (χ0n) is 10.6. The molecule has 18 heavy (non-hydrogen) atoms. The van der Waals surface area contributed by atoms with Gasteiger partial charge in [0.2, 0.25) is 0 Å². The Labute approximate surface area is 114 Å². The first-order valence-electron chi connectivity index (χ1n) is 5.76. The van der Waals surface area contributed by atoms with Gasteiger partial charge in [-0.25, -0.2) is 0 Å². The first-order valence-corrected chi connectivity index (χ1v) is 7.52. The van der Waals surface area contributed by atoms with E-state index in [2.05, 4.69) is 5.10 Å². The minimum Gasteiger partial charge on any atom is -0.480 e. The van der Waals surface area contributed by atoms with Crippen molar-refractivity contribution in [2.75, 3.05) is 0 Å². The summed E-state index contributed by atoms with van der Waals surface area (Å²) in [7, 11) is -1.50. The average molecular weight is 293 g/mol. The Morgan fingerprint density at radius 1 is 1.56 bits per heavy atom. The van der Waals surface area contributed by atoms with Crippen LogP contribution in [0, 0.1) is 0 Å². The fourth-order valence-electron chi connectivity index (χ4n) is 1.53. The third-order valence-corrected chi connectivity index (χ3v) is 4.70. The van der Waals surface area contributed by atoms with Crippen LogP contribution in [-0.4, -0.2) is 30.3 Å². The van der Waals surface area contributed by atoms with Gasteiger partial charge in [-0.3, -0.25) is 13.7 Å². The molecular formula is C11H17ClN2O3S. The van der Waals surface area contributed by atoms with E-state index in [1.807, 2.05) is 13.8 Å². The molecule has 0 amide bonds. The van der Waals surface area contributed by atoms with Gasteiger partial charge in [0.15, 0.2) is 0 Å². The van der Waals surface area contributed by atoms with Crippen LogP contribution in [0.15, 0.2) is 0 Å². The normalized spacial score (nSPS) is 14.4. The maximum atomic E-state index is 11.9. The van der Waals surface area contributed by atoms with Crippen LogP contribution in [0.5, 0.6) is 0 Å². The van der Waals surface area contributed by atoms with E-state index in [0.29, 0.717) is 23.7 Å².